The molecular weight excluding hydrogens is 651 g/mol. The summed E-state index contributed by atoms with van der Waals surface area (Å²) >= 11 is 0. The van der Waals surface area contributed by atoms with E-state index in [-0.39, 0.29) is 5.41 Å². The van der Waals surface area contributed by atoms with Crippen molar-refractivity contribution in [1.29, 1.82) is 0 Å². The number of nitrogens with zero attached hydrogens (tertiary/aromatic N) is 3. The van der Waals surface area contributed by atoms with Crippen LogP contribution in [0.3, 0.4) is 0 Å². The molecule has 0 bridgehead atoms. The zero-order valence-corrected chi connectivity index (χ0v) is 30.2. The predicted molar refractivity (Wildman–Crippen MR) is 216 cm³/mol. The minimum Gasteiger partial charge on any atom is -0.469 e. The minimum absolute atomic E-state index is 0.131. The number of fused-ring (bicyclic) bond motifs is 9. The molecule has 3 heterocycles. The number of hydrogen-bond acceptors (Lipinski definition) is 5. The largest absolute Gasteiger partial charge is 0.469 e. The molecule has 1 fully saturated rings. The molecular formula is C48H41N3O2. The van der Waals surface area contributed by atoms with Gasteiger partial charge in [-0.3, -0.25) is 0 Å². The Morgan fingerprint density at radius 2 is 1.36 bits per heavy atom. The average molecular weight is 692 g/mol. The summed E-state index contributed by atoms with van der Waals surface area (Å²) in [6.45, 7) is 7.88. The van der Waals surface area contributed by atoms with E-state index in [9.17, 15) is 0 Å². The molecule has 7 aromatic rings. The molecule has 0 spiro atoms. The lowest BCUT2D eigenvalue weighted by Crippen LogP contribution is -2.38. The van der Waals surface area contributed by atoms with Crippen LogP contribution < -0.4 is 9.64 Å². The summed E-state index contributed by atoms with van der Waals surface area (Å²) in [5, 5.41) is 3.33. The van der Waals surface area contributed by atoms with Gasteiger partial charge in [0.1, 0.15) is 5.75 Å². The van der Waals surface area contributed by atoms with Crippen molar-refractivity contribution in [2.24, 2.45) is 0 Å². The second-order valence-electron chi connectivity index (χ2n) is 14.5. The third kappa shape index (κ3) is 4.73. The van der Waals surface area contributed by atoms with Crippen LogP contribution in [0.2, 0.25) is 0 Å². The number of para-hydroxylation sites is 1. The second kappa shape index (κ2) is 12.4. The molecule has 10 rings (SSSR count). The highest BCUT2D eigenvalue weighted by Crippen LogP contribution is 2.60. The number of rotatable bonds is 6. The molecule has 1 saturated heterocycles. The quantitative estimate of drug-likeness (QED) is 0.174. The van der Waals surface area contributed by atoms with Crippen LogP contribution in [0.25, 0.3) is 50.1 Å². The van der Waals surface area contributed by atoms with Crippen LogP contribution in [0.15, 0.2) is 133 Å². The monoisotopic (exact) mass is 691 g/mol. The summed E-state index contributed by atoms with van der Waals surface area (Å²) in [6.07, 6.45) is 6.54. The van der Waals surface area contributed by atoms with Gasteiger partial charge in [-0.05, 0) is 64.8 Å². The van der Waals surface area contributed by atoms with Crippen LogP contribution in [0, 0.1) is 0 Å². The van der Waals surface area contributed by atoms with Gasteiger partial charge in [0.2, 0.25) is 5.60 Å². The van der Waals surface area contributed by atoms with E-state index in [2.05, 4.69) is 146 Å². The first-order chi connectivity index (χ1) is 26.1. The highest BCUT2D eigenvalue weighted by atomic mass is 16.5. The summed E-state index contributed by atoms with van der Waals surface area (Å²) in [5.41, 5.74) is 10.3. The van der Waals surface area contributed by atoms with E-state index in [4.69, 9.17) is 19.4 Å². The minimum atomic E-state index is -1.10. The Morgan fingerprint density at radius 3 is 2.13 bits per heavy atom. The molecule has 2 aliphatic heterocycles. The topological polar surface area (TPSA) is 47.5 Å². The molecule has 6 aromatic carbocycles. The molecule has 5 nitrogen and oxygen atoms in total. The van der Waals surface area contributed by atoms with Gasteiger partial charge in [-0.15, -0.1) is 0 Å². The molecule has 260 valence electrons. The summed E-state index contributed by atoms with van der Waals surface area (Å²) in [4.78, 5) is 13.2. The molecule has 1 atom stereocenters. The number of aromatic nitrogens is 2. The first-order valence-electron chi connectivity index (χ1n) is 19.0. The van der Waals surface area contributed by atoms with Crippen molar-refractivity contribution in [1.82, 2.24) is 9.97 Å². The van der Waals surface area contributed by atoms with Gasteiger partial charge in [-0.2, -0.15) is 0 Å². The number of hydrogen-bond donors (Lipinski definition) is 0. The van der Waals surface area contributed by atoms with Gasteiger partial charge in [0, 0.05) is 51.7 Å². The van der Waals surface area contributed by atoms with Gasteiger partial charge in [-0.1, -0.05) is 129 Å². The smallest absolute Gasteiger partial charge is 0.212 e. The Hall–Kier alpha value is -5.78. The van der Waals surface area contributed by atoms with Crippen molar-refractivity contribution in [2.45, 2.75) is 37.7 Å². The predicted octanol–water partition coefficient (Wildman–Crippen LogP) is 10.7. The van der Waals surface area contributed by atoms with Gasteiger partial charge >= 0.3 is 0 Å². The maximum Gasteiger partial charge on any atom is 0.212 e. The molecule has 0 amide bonds. The highest BCUT2D eigenvalue weighted by molar-refractivity contribution is 6.08. The van der Waals surface area contributed by atoms with Gasteiger partial charge in [0.25, 0.3) is 0 Å². The van der Waals surface area contributed by atoms with Crippen LogP contribution in [-0.2, 0) is 15.8 Å². The van der Waals surface area contributed by atoms with E-state index in [1.165, 1.54) is 33.3 Å². The second-order valence-corrected chi connectivity index (χ2v) is 14.5. The molecule has 0 radical (unpaired) electrons. The normalized spacial score (nSPS) is 18.4. The van der Waals surface area contributed by atoms with Crippen molar-refractivity contribution in [3.05, 3.63) is 162 Å². The van der Waals surface area contributed by atoms with E-state index < -0.39 is 5.60 Å². The molecule has 1 unspecified atom stereocenters. The molecule has 1 aromatic heterocycles. The first kappa shape index (κ1) is 31.9. The lowest BCUT2D eigenvalue weighted by molar-refractivity contribution is 0.122. The fourth-order valence-corrected chi connectivity index (χ4v) is 9.31. The lowest BCUT2D eigenvalue weighted by Gasteiger charge is -2.38. The van der Waals surface area contributed by atoms with E-state index in [0.29, 0.717) is 5.82 Å². The van der Waals surface area contributed by atoms with Gasteiger partial charge in [0.15, 0.2) is 5.82 Å². The third-order valence-electron chi connectivity index (χ3n) is 12.0. The van der Waals surface area contributed by atoms with Crippen molar-refractivity contribution in [3.63, 3.8) is 0 Å². The summed E-state index contributed by atoms with van der Waals surface area (Å²) < 4.78 is 13.4. The average Bonchev–Trinajstić information content (AvgIpc) is 3.54. The van der Waals surface area contributed by atoms with Crippen molar-refractivity contribution in [2.75, 3.05) is 31.2 Å². The zero-order chi connectivity index (χ0) is 35.6. The summed E-state index contributed by atoms with van der Waals surface area (Å²) in [7, 11) is 0. The number of benzene rings is 6. The highest BCUT2D eigenvalue weighted by Gasteiger charge is 2.47. The Bertz CT molecular complexity index is 2550. The summed E-state index contributed by atoms with van der Waals surface area (Å²) in [6, 6.07) is 45.4. The Balaban J connectivity index is 1.25. The SMILES string of the molecule is CCC1(CC)c2ccccc2-c2c1c1c(c3ccccc23)OC(c2ccc(N3CCOCC3)cc2)(c2nc(-c3ccccc3)c3ccccc3n2)C=C1. The lowest BCUT2D eigenvalue weighted by atomic mass is 9.71. The van der Waals surface area contributed by atoms with Crippen molar-refractivity contribution < 1.29 is 9.47 Å². The van der Waals surface area contributed by atoms with E-state index >= 15 is 0 Å². The molecule has 0 saturated carbocycles. The van der Waals surface area contributed by atoms with Crippen LogP contribution in [-0.4, -0.2) is 36.3 Å². The molecule has 3 aliphatic rings. The fourth-order valence-electron chi connectivity index (χ4n) is 9.31. The van der Waals surface area contributed by atoms with Crippen LogP contribution in [0.1, 0.15) is 54.8 Å². The molecule has 1 aliphatic carbocycles. The number of anilines is 1. The van der Waals surface area contributed by atoms with Gasteiger partial charge in [0.05, 0.1) is 24.4 Å². The summed E-state index contributed by atoms with van der Waals surface area (Å²) in [5.74, 6) is 1.50. The van der Waals surface area contributed by atoms with E-state index in [0.717, 1.165) is 83.6 Å². The van der Waals surface area contributed by atoms with Crippen LogP contribution in [0.4, 0.5) is 5.69 Å². The third-order valence-corrected chi connectivity index (χ3v) is 12.0. The standard InChI is InChI=1S/C48H41N3O2/c1-3-47(4-2)40-20-12-10-18-37(40)42-35-16-8-9-17-36(35)45-39(43(42)47)26-27-48(53-45,33-22-24-34(25-23-33)51-28-30-52-31-29-51)46-49-41-21-13-11-19-38(41)44(50-46)32-14-6-5-7-15-32/h5-27H,3-4,28-31H2,1-2H3. The Labute approximate surface area is 310 Å². The van der Waals surface area contributed by atoms with Crippen molar-refractivity contribution >= 4 is 33.4 Å². The van der Waals surface area contributed by atoms with Crippen LogP contribution in [0.5, 0.6) is 5.75 Å². The maximum atomic E-state index is 7.69. The number of ether oxygens (including phenoxy) is 2. The Morgan fingerprint density at radius 1 is 0.679 bits per heavy atom. The molecule has 5 heteroatoms. The van der Waals surface area contributed by atoms with E-state index in [1.807, 2.05) is 12.1 Å². The number of morpholine rings is 1. The fraction of sp³-hybridized carbons (Fsp3) is 0.208. The van der Waals surface area contributed by atoms with Gasteiger partial charge in [-0.25, -0.2) is 9.97 Å². The molecule has 0 N–H and O–H groups in total. The van der Waals surface area contributed by atoms with Gasteiger partial charge < -0.3 is 14.4 Å². The Kier molecular flexibility index (Phi) is 7.48. The van der Waals surface area contributed by atoms with E-state index in [1.54, 1.807) is 0 Å². The zero-order valence-electron chi connectivity index (χ0n) is 30.2. The maximum absolute atomic E-state index is 7.69. The van der Waals surface area contributed by atoms with Crippen LogP contribution >= 0.6 is 0 Å². The molecule has 53 heavy (non-hydrogen) atoms. The van der Waals surface area contributed by atoms with Crippen molar-refractivity contribution in [3.8, 4) is 28.1 Å². The first-order valence-corrected chi connectivity index (χ1v) is 19.0.